The van der Waals surface area contributed by atoms with Gasteiger partial charge in [-0.05, 0) is 86.9 Å². The minimum atomic E-state index is 0.618. The number of furan rings is 1. The van der Waals surface area contributed by atoms with Crippen molar-refractivity contribution in [1.82, 2.24) is 15.0 Å². The Labute approximate surface area is 358 Å². The van der Waals surface area contributed by atoms with E-state index < -0.39 is 0 Å². The fourth-order valence-corrected chi connectivity index (χ4v) is 11.2. The number of thiophene rings is 1. The lowest BCUT2D eigenvalue weighted by molar-refractivity contribution is 0.670. The first-order valence-corrected chi connectivity index (χ1v) is 21.7. The van der Waals surface area contributed by atoms with Crippen molar-refractivity contribution in [1.29, 1.82) is 0 Å². The van der Waals surface area contributed by atoms with Crippen LogP contribution in [-0.2, 0) is 0 Å². The summed E-state index contributed by atoms with van der Waals surface area (Å²) in [5.74, 6) is 0.618. The van der Waals surface area contributed by atoms with Crippen molar-refractivity contribution >= 4 is 107 Å². The predicted molar refractivity (Wildman–Crippen MR) is 260 cm³/mol. The summed E-state index contributed by atoms with van der Waals surface area (Å²) in [6, 6.07) is 67.0. The molecule has 5 heteroatoms. The fraction of sp³-hybridized carbons (Fsp3) is 0. The smallest absolute Gasteiger partial charge is 0.164 e. The Morgan fingerprint density at radius 3 is 1.89 bits per heavy atom. The molecule has 14 rings (SSSR count). The molecular weight excluding hydrogens is 775 g/mol. The summed E-state index contributed by atoms with van der Waals surface area (Å²) >= 11 is 1.82. The number of pyridine rings is 1. The Morgan fingerprint density at radius 2 is 1.03 bits per heavy atom. The SMILES string of the molecule is c1ccc(-c2cc(-c3cccc4sc5ccccc5c34)nc(-c3cccc4c3oc3ccc5c(-c6cc7ccc8cccc9ccc(c6)c7c89)nc6ccccc6c5c34)n2)cc1. The maximum atomic E-state index is 6.98. The van der Waals surface area contributed by atoms with Gasteiger partial charge in [0.25, 0.3) is 0 Å². The standard InChI is InChI=1S/C57H31N3OS/c1-2-11-32(12-3-1)45-31-46(39-17-10-22-49-52(39)40-16-5-7-21-48(40)62-49)60-57(59-45)43-19-9-18-42-54-47(61-56(42)43)28-27-41-53(54)38-15-4-6-20-44(38)58-55(41)37-29-35-25-23-33-13-8-14-34-24-26-36(30-37)51(35)50(33)34/h1-31H. The van der Waals surface area contributed by atoms with Crippen LogP contribution in [0.3, 0.4) is 0 Å². The van der Waals surface area contributed by atoms with Crippen LogP contribution in [0.2, 0.25) is 0 Å². The van der Waals surface area contributed by atoms with E-state index in [0.717, 1.165) is 82.9 Å². The van der Waals surface area contributed by atoms with Gasteiger partial charge >= 0.3 is 0 Å². The second kappa shape index (κ2) is 12.8. The van der Waals surface area contributed by atoms with Crippen LogP contribution in [0.25, 0.3) is 141 Å². The van der Waals surface area contributed by atoms with Gasteiger partial charge in [0, 0.05) is 63.8 Å². The van der Waals surface area contributed by atoms with Crippen LogP contribution in [-0.4, -0.2) is 15.0 Å². The molecule has 14 aromatic rings. The van der Waals surface area contributed by atoms with Gasteiger partial charge in [0.2, 0.25) is 0 Å². The van der Waals surface area contributed by atoms with Gasteiger partial charge in [0.05, 0.1) is 28.2 Å². The van der Waals surface area contributed by atoms with Crippen LogP contribution in [0.1, 0.15) is 0 Å². The predicted octanol–water partition coefficient (Wildman–Crippen LogP) is 16.0. The Kier molecular flexibility index (Phi) is 6.96. The minimum absolute atomic E-state index is 0.618. The molecule has 0 saturated heterocycles. The quantitative estimate of drug-likeness (QED) is 0.166. The first kappa shape index (κ1) is 33.8. The van der Waals surface area contributed by atoms with Crippen molar-refractivity contribution in [2.24, 2.45) is 0 Å². The molecule has 0 fully saturated rings. The molecule has 0 radical (unpaired) electrons. The van der Waals surface area contributed by atoms with Gasteiger partial charge in [-0.25, -0.2) is 15.0 Å². The number of hydrogen-bond acceptors (Lipinski definition) is 5. The van der Waals surface area contributed by atoms with Crippen molar-refractivity contribution in [3.63, 3.8) is 0 Å². The van der Waals surface area contributed by atoms with Crippen molar-refractivity contribution in [3.05, 3.63) is 188 Å². The fourth-order valence-electron chi connectivity index (χ4n) is 10.1. The third-order valence-electron chi connectivity index (χ3n) is 12.8. The van der Waals surface area contributed by atoms with Crippen LogP contribution in [0.4, 0.5) is 0 Å². The molecule has 0 bridgehead atoms. The topological polar surface area (TPSA) is 51.8 Å². The summed E-state index contributed by atoms with van der Waals surface area (Å²) in [7, 11) is 0. The van der Waals surface area contributed by atoms with Gasteiger partial charge in [-0.3, -0.25) is 0 Å². The van der Waals surface area contributed by atoms with E-state index in [1.165, 1.54) is 52.5 Å². The third kappa shape index (κ3) is 4.85. The lowest BCUT2D eigenvalue weighted by Gasteiger charge is -2.15. The van der Waals surface area contributed by atoms with E-state index in [1.54, 1.807) is 0 Å². The molecule has 0 saturated carbocycles. The van der Waals surface area contributed by atoms with E-state index in [1.807, 2.05) is 17.4 Å². The largest absolute Gasteiger partial charge is 0.455 e. The summed E-state index contributed by atoms with van der Waals surface area (Å²) in [4.78, 5) is 16.1. The molecule has 10 aromatic carbocycles. The van der Waals surface area contributed by atoms with Crippen molar-refractivity contribution < 1.29 is 4.42 Å². The highest BCUT2D eigenvalue weighted by Gasteiger charge is 2.22. The van der Waals surface area contributed by atoms with Crippen molar-refractivity contribution in [3.8, 4) is 45.2 Å². The lowest BCUT2D eigenvalue weighted by Crippen LogP contribution is -1.96. The molecule has 4 aromatic heterocycles. The maximum absolute atomic E-state index is 6.98. The van der Waals surface area contributed by atoms with E-state index in [9.17, 15) is 0 Å². The van der Waals surface area contributed by atoms with Gasteiger partial charge < -0.3 is 4.42 Å². The molecular formula is C57H31N3OS. The van der Waals surface area contributed by atoms with E-state index in [4.69, 9.17) is 19.4 Å². The number of rotatable bonds is 4. The first-order valence-electron chi connectivity index (χ1n) is 20.9. The monoisotopic (exact) mass is 805 g/mol. The van der Waals surface area contributed by atoms with E-state index in [0.29, 0.717) is 5.82 Å². The molecule has 4 heterocycles. The normalized spacial score (nSPS) is 12.2. The van der Waals surface area contributed by atoms with Gasteiger partial charge in [-0.2, -0.15) is 0 Å². The van der Waals surface area contributed by atoms with Crippen LogP contribution in [0.5, 0.6) is 0 Å². The van der Waals surface area contributed by atoms with E-state index >= 15 is 0 Å². The van der Waals surface area contributed by atoms with Gasteiger partial charge in [0.1, 0.15) is 11.2 Å². The second-order valence-corrected chi connectivity index (χ2v) is 17.3. The Hall–Kier alpha value is -7.99. The summed E-state index contributed by atoms with van der Waals surface area (Å²) in [6.45, 7) is 0. The number of aromatic nitrogens is 3. The molecule has 0 N–H and O–H groups in total. The first-order chi connectivity index (χ1) is 30.7. The van der Waals surface area contributed by atoms with Gasteiger partial charge in [-0.1, -0.05) is 133 Å². The summed E-state index contributed by atoms with van der Waals surface area (Å²) < 4.78 is 9.48. The molecule has 0 amide bonds. The third-order valence-corrected chi connectivity index (χ3v) is 13.9. The Bertz CT molecular complexity index is 4100. The highest BCUT2D eigenvalue weighted by atomic mass is 32.1. The lowest BCUT2D eigenvalue weighted by atomic mass is 9.90. The molecule has 0 aliphatic heterocycles. The molecule has 286 valence electrons. The molecule has 62 heavy (non-hydrogen) atoms. The number of benzene rings is 10. The average Bonchev–Trinajstić information content (AvgIpc) is 3.92. The van der Waals surface area contributed by atoms with Crippen LogP contribution >= 0.6 is 11.3 Å². The average molecular weight is 806 g/mol. The number of nitrogens with zero attached hydrogens (tertiary/aromatic N) is 3. The maximum Gasteiger partial charge on any atom is 0.164 e. The van der Waals surface area contributed by atoms with Crippen LogP contribution in [0.15, 0.2) is 192 Å². The zero-order chi connectivity index (χ0) is 40.5. The number of fused-ring (bicyclic) bond motifs is 10. The number of para-hydroxylation sites is 2. The molecule has 0 unspecified atom stereocenters. The molecule has 0 spiro atoms. The van der Waals surface area contributed by atoms with Gasteiger partial charge in [-0.15, -0.1) is 11.3 Å². The molecule has 0 aliphatic rings. The number of hydrogen-bond donors (Lipinski definition) is 0. The summed E-state index contributed by atoms with van der Waals surface area (Å²) in [5.41, 5.74) is 9.25. The Morgan fingerprint density at radius 1 is 0.371 bits per heavy atom. The molecule has 0 atom stereocenters. The highest BCUT2D eigenvalue weighted by molar-refractivity contribution is 7.25. The summed E-state index contributed by atoms with van der Waals surface area (Å²) in [5, 5.41) is 15.4. The van der Waals surface area contributed by atoms with Crippen LogP contribution in [0, 0.1) is 0 Å². The van der Waals surface area contributed by atoms with Crippen molar-refractivity contribution in [2.75, 3.05) is 0 Å². The summed E-state index contributed by atoms with van der Waals surface area (Å²) in [6.07, 6.45) is 0. The van der Waals surface area contributed by atoms with Crippen molar-refractivity contribution in [2.45, 2.75) is 0 Å². The van der Waals surface area contributed by atoms with Crippen LogP contribution < -0.4 is 0 Å². The zero-order valence-electron chi connectivity index (χ0n) is 33.1. The van der Waals surface area contributed by atoms with E-state index in [-0.39, 0.29) is 0 Å². The second-order valence-electron chi connectivity index (χ2n) is 16.2. The Balaban J connectivity index is 1.02. The van der Waals surface area contributed by atoms with E-state index in [2.05, 4.69) is 182 Å². The molecule has 4 nitrogen and oxygen atoms in total. The van der Waals surface area contributed by atoms with Gasteiger partial charge in [0.15, 0.2) is 5.82 Å². The zero-order valence-corrected chi connectivity index (χ0v) is 33.9. The molecule has 0 aliphatic carbocycles. The highest BCUT2D eigenvalue weighted by Crippen LogP contribution is 2.46. The minimum Gasteiger partial charge on any atom is -0.455 e.